The molecule has 7 heteroatoms. The molecule has 0 radical (unpaired) electrons. The quantitative estimate of drug-likeness (QED) is 0.810. The third-order valence-electron chi connectivity index (χ3n) is 3.09. The van der Waals surface area contributed by atoms with Gasteiger partial charge in [0.25, 0.3) is 5.91 Å². The van der Waals surface area contributed by atoms with Crippen LogP contribution in [0.2, 0.25) is 5.15 Å². The highest BCUT2D eigenvalue weighted by atomic mass is 35.5. The summed E-state index contributed by atoms with van der Waals surface area (Å²) in [6.07, 6.45) is 3.90. The van der Waals surface area contributed by atoms with Crippen LogP contribution in [0, 0.1) is 0 Å². The second kappa shape index (κ2) is 4.86. The first-order valence-electron chi connectivity index (χ1n) is 6.37. The standard InChI is InChI=1S/C13H14ClN5O/c1-18(2)13(20)9-5-6-19(17-9)11-7-10(14)15-12(16-11)8-3-4-8/h5-8H,3-4H2,1-2H3. The van der Waals surface area contributed by atoms with Crippen LogP contribution in [-0.4, -0.2) is 44.7 Å². The van der Waals surface area contributed by atoms with Gasteiger partial charge >= 0.3 is 0 Å². The topological polar surface area (TPSA) is 63.9 Å². The van der Waals surface area contributed by atoms with Gasteiger partial charge in [-0.3, -0.25) is 4.79 Å². The van der Waals surface area contributed by atoms with Gasteiger partial charge in [0.05, 0.1) is 0 Å². The predicted molar refractivity (Wildman–Crippen MR) is 74.2 cm³/mol. The van der Waals surface area contributed by atoms with E-state index in [-0.39, 0.29) is 5.91 Å². The first kappa shape index (κ1) is 13.1. The monoisotopic (exact) mass is 291 g/mol. The van der Waals surface area contributed by atoms with Crippen molar-refractivity contribution in [2.24, 2.45) is 0 Å². The van der Waals surface area contributed by atoms with Crippen LogP contribution in [0.25, 0.3) is 5.82 Å². The number of carbonyl (C=O) groups is 1. The first-order chi connectivity index (χ1) is 9.54. The Hall–Kier alpha value is -1.95. The molecular weight excluding hydrogens is 278 g/mol. The Bertz CT molecular complexity index is 663. The molecule has 2 heterocycles. The molecule has 1 amide bonds. The van der Waals surface area contributed by atoms with Crippen molar-refractivity contribution in [1.82, 2.24) is 24.6 Å². The van der Waals surface area contributed by atoms with Gasteiger partial charge in [0.2, 0.25) is 0 Å². The van der Waals surface area contributed by atoms with E-state index in [2.05, 4.69) is 15.1 Å². The molecule has 0 unspecified atom stereocenters. The van der Waals surface area contributed by atoms with Crippen LogP contribution in [0.4, 0.5) is 0 Å². The summed E-state index contributed by atoms with van der Waals surface area (Å²) in [6.45, 7) is 0. The number of hydrogen-bond donors (Lipinski definition) is 0. The van der Waals surface area contributed by atoms with E-state index in [0.717, 1.165) is 18.7 Å². The largest absolute Gasteiger partial charge is 0.343 e. The van der Waals surface area contributed by atoms with Crippen LogP contribution in [0.5, 0.6) is 0 Å². The van der Waals surface area contributed by atoms with Gasteiger partial charge in [-0.15, -0.1) is 0 Å². The average Bonchev–Trinajstić information content (AvgIpc) is 3.14. The normalized spacial score (nSPS) is 14.3. The van der Waals surface area contributed by atoms with Crippen LogP contribution >= 0.6 is 11.6 Å². The van der Waals surface area contributed by atoms with Crippen molar-refractivity contribution in [1.29, 1.82) is 0 Å². The van der Waals surface area contributed by atoms with Gasteiger partial charge in [0.1, 0.15) is 11.0 Å². The van der Waals surface area contributed by atoms with Gasteiger partial charge in [-0.25, -0.2) is 14.6 Å². The van der Waals surface area contributed by atoms with Gasteiger partial charge in [0, 0.05) is 32.3 Å². The third-order valence-corrected chi connectivity index (χ3v) is 3.28. The molecule has 0 atom stereocenters. The highest BCUT2D eigenvalue weighted by Crippen LogP contribution is 2.38. The summed E-state index contributed by atoms with van der Waals surface area (Å²) < 4.78 is 1.55. The summed E-state index contributed by atoms with van der Waals surface area (Å²) >= 11 is 6.02. The zero-order valence-corrected chi connectivity index (χ0v) is 12.0. The van der Waals surface area contributed by atoms with Gasteiger partial charge in [-0.05, 0) is 18.9 Å². The third kappa shape index (κ3) is 2.51. The number of rotatable bonds is 3. The number of amides is 1. The van der Waals surface area contributed by atoms with Crippen LogP contribution in [0.15, 0.2) is 18.3 Å². The number of carbonyl (C=O) groups excluding carboxylic acids is 1. The van der Waals surface area contributed by atoms with Crippen LogP contribution in [-0.2, 0) is 0 Å². The summed E-state index contributed by atoms with van der Waals surface area (Å²) in [5.74, 6) is 1.60. The minimum Gasteiger partial charge on any atom is -0.343 e. The molecule has 0 aliphatic heterocycles. The van der Waals surface area contributed by atoms with Gasteiger partial charge in [-0.2, -0.15) is 5.10 Å². The van der Waals surface area contributed by atoms with Crippen molar-refractivity contribution in [3.8, 4) is 5.82 Å². The Kier molecular flexibility index (Phi) is 3.17. The molecule has 0 N–H and O–H groups in total. The van der Waals surface area contributed by atoms with E-state index in [1.807, 2.05) is 0 Å². The summed E-state index contributed by atoms with van der Waals surface area (Å²) in [5, 5.41) is 4.64. The van der Waals surface area contributed by atoms with Crippen molar-refractivity contribution in [2.75, 3.05) is 14.1 Å². The Morgan fingerprint density at radius 1 is 1.40 bits per heavy atom. The fourth-order valence-electron chi connectivity index (χ4n) is 1.86. The van der Waals surface area contributed by atoms with E-state index in [0.29, 0.717) is 22.6 Å². The maximum Gasteiger partial charge on any atom is 0.273 e. The highest BCUT2D eigenvalue weighted by molar-refractivity contribution is 6.29. The molecule has 0 spiro atoms. The molecule has 2 aromatic rings. The maximum absolute atomic E-state index is 11.8. The second-order valence-corrected chi connectivity index (χ2v) is 5.41. The lowest BCUT2D eigenvalue weighted by Gasteiger charge is -2.07. The first-order valence-corrected chi connectivity index (χ1v) is 6.74. The zero-order valence-electron chi connectivity index (χ0n) is 11.2. The van der Waals surface area contributed by atoms with Gasteiger partial charge in [-0.1, -0.05) is 11.6 Å². The lowest BCUT2D eigenvalue weighted by molar-refractivity contribution is 0.0821. The SMILES string of the molecule is CN(C)C(=O)c1ccn(-c2cc(Cl)nc(C3CC3)n2)n1. The van der Waals surface area contributed by atoms with Crippen molar-refractivity contribution >= 4 is 17.5 Å². The highest BCUT2D eigenvalue weighted by Gasteiger charge is 2.27. The van der Waals surface area contributed by atoms with E-state index in [1.165, 1.54) is 4.90 Å². The summed E-state index contributed by atoms with van der Waals surface area (Å²) in [6, 6.07) is 3.31. The molecule has 0 saturated heterocycles. The number of aromatic nitrogens is 4. The van der Waals surface area contributed by atoms with Crippen LogP contribution in [0.3, 0.4) is 0 Å². The van der Waals surface area contributed by atoms with E-state index in [9.17, 15) is 4.79 Å². The molecule has 0 bridgehead atoms. The summed E-state index contributed by atoms with van der Waals surface area (Å²) in [5.41, 5.74) is 0.373. The zero-order chi connectivity index (χ0) is 14.3. The molecule has 20 heavy (non-hydrogen) atoms. The molecule has 3 rings (SSSR count). The van der Waals surface area contributed by atoms with E-state index < -0.39 is 0 Å². The van der Waals surface area contributed by atoms with E-state index in [4.69, 9.17) is 11.6 Å². The minimum absolute atomic E-state index is 0.147. The smallest absolute Gasteiger partial charge is 0.273 e. The van der Waals surface area contributed by atoms with E-state index >= 15 is 0 Å². The lowest BCUT2D eigenvalue weighted by atomic mass is 10.4. The fourth-order valence-corrected chi connectivity index (χ4v) is 2.04. The minimum atomic E-state index is -0.147. The molecule has 6 nitrogen and oxygen atoms in total. The number of halogens is 1. The predicted octanol–water partition coefficient (Wildman–Crippen LogP) is 1.89. The Labute approximate surface area is 121 Å². The van der Waals surface area contributed by atoms with Gasteiger partial charge in [0.15, 0.2) is 11.5 Å². The summed E-state index contributed by atoms with van der Waals surface area (Å²) in [4.78, 5) is 22.0. The Balaban J connectivity index is 1.95. The van der Waals surface area contributed by atoms with Crippen molar-refractivity contribution in [3.63, 3.8) is 0 Å². The molecule has 2 aromatic heterocycles. The number of hydrogen-bond acceptors (Lipinski definition) is 4. The Morgan fingerprint density at radius 2 is 2.15 bits per heavy atom. The molecule has 0 aromatic carbocycles. The average molecular weight is 292 g/mol. The molecule has 1 fully saturated rings. The maximum atomic E-state index is 11.8. The summed E-state index contributed by atoms with van der Waals surface area (Å²) in [7, 11) is 3.38. The molecule has 104 valence electrons. The van der Waals surface area contributed by atoms with Gasteiger partial charge < -0.3 is 4.90 Å². The lowest BCUT2D eigenvalue weighted by Crippen LogP contribution is -2.22. The second-order valence-electron chi connectivity index (χ2n) is 5.03. The van der Waals surface area contributed by atoms with Crippen LogP contribution in [0.1, 0.15) is 35.1 Å². The molecule has 1 aliphatic carbocycles. The Morgan fingerprint density at radius 3 is 2.80 bits per heavy atom. The van der Waals surface area contributed by atoms with E-state index in [1.54, 1.807) is 37.1 Å². The van der Waals surface area contributed by atoms with Crippen LogP contribution < -0.4 is 0 Å². The molecular formula is C13H14ClN5O. The van der Waals surface area contributed by atoms with Crippen molar-refractivity contribution in [2.45, 2.75) is 18.8 Å². The number of nitrogens with zero attached hydrogens (tertiary/aromatic N) is 5. The van der Waals surface area contributed by atoms with Crippen molar-refractivity contribution < 1.29 is 4.79 Å². The fraction of sp³-hybridized carbons (Fsp3) is 0.385. The van der Waals surface area contributed by atoms with Crippen molar-refractivity contribution in [3.05, 3.63) is 35.0 Å². The molecule has 1 saturated carbocycles. The molecule has 1 aliphatic rings.